The van der Waals surface area contributed by atoms with Crippen molar-refractivity contribution in [1.82, 2.24) is 0 Å². The lowest BCUT2D eigenvalue weighted by molar-refractivity contribution is -0.117. The number of nitrogens with one attached hydrogen (secondary N) is 1. The first kappa shape index (κ1) is 13.9. The second-order valence-electron chi connectivity index (χ2n) is 5.44. The maximum absolute atomic E-state index is 12.0. The normalized spacial score (nSPS) is 19.3. The van der Waals surface area contributed by atoms with E-state index in [1.54, 1.807) is 18.2 Å². The van der Waals surface area contributed by atoms with Crippen LogP contribution in [-0.2, 0) is 4.79 Å². The van der Waals surface area contributed by atoms with Crippen LogP contribution in [0.2, 0.25) is 5.02 Å². The maximum Gasteiger partial charge on any atom is 0.228 e. The molecule has 0 radical (unpaired) electrons. The van der Waals surface area contributed by atoms with Gasteiger partial charge in [-0.3, -0.25) is 4.79 Å². The van der Waals surface area contributed by atoms with Crippen molar-refractivity contribution in [3.8, 4) is 11.8 Å². The van der Waals surface area contributed by atoms with Crippen LogP contribution in [0.5, 0.6) is 0 Å². The summed E-state index contributed by atoms with van der Waals surface area (Å²) in [6.45, 7) is 4.47. The van der Waals surface area contributed by atoms with Crippen LogP contribution >= 0.6 is 11.6 Å². The van der Waals surface area contributed by atoms with Crippen molar-refractivity contribution in [2.45, 2.75) is 20.3 Å². The zero-order valence-corrected chi connectivity index (χ0v) is 11.8. The summed E-state index contributed by atoms with van der Waals surface area (Å²) in [7, 11) is 0. The Hall–Kier alpha value is -1.50. The molecule has 0 aromatic heterocycles. The van der Waals surface area contributed by atoms with E-state index in [1.807, 2.05) is 0 Å². The molecule has 0 bridgehead atoms. The van der Waals surface area contributed by atoms with Gasteiger partial charge in [-0.05, 0) is 30.0 Å². The Kier molecular flexibility index (Phi) is 3.84. The molecule has 2 rings (SSSR count). The molecule has 1 saturated carbocycles. The molecular formula is C15H17ClN2O. The minimum Gasteiger partial charge on any atom is -0.326 e. The molecular weight excluding hydrogens is 260 g/mol. The van der Waals surface area contributed by atoms with E-state index >= 15 is 0 Å². The minimum atomic E-state index is 0.0602. The lowest BCUT2D eigenvalue weighted by atomic mass is 10.1. The van der Waals surface area contributed by atoms with E-state index < -0.39 is 0 Å². The molecule has 19 heavy (non-hydrogen) atoms. The summed E-state index contributed by atoms with van der Waals surface area (Å²) in [5, 5.41) is 3.47. The fourth-order valence-electron chi connectivity index (χ4n) is 1.99. The molecule has 1 aliphatic rings. The Labute approximate surface area is 118 Å². The van der Waals surface area contributed by atoms with E-state index in [-0.39, 0.29) is 23.8 Å². The second kappa shape index (κ2) is 5.24. The molecule has 4 heteroatoms. The molecule has 0 spiro atoms. The van der Waals surface area contributed by atoms with E-state index in [0.717, 1.165) is 12.1 Å². The van der Waals surface area contributed by atoms with E-state index in [0.29, 0.717) is 10.6 Å². The molecule has 0 saturated heterocycles. The average molecular weight is 277 g/mol. The van der Waals surface area contributed by atoms with E-state index in [2.05, 4.69) is 31.0 Å². The number of anilines is 1. The molecule has 1 aromatic carbocycles. The number of nitrogens with two attached hydrogens (primary N) is 1. The molecule has 3 N–H and O–H groups in total. The molecule has 1 unspecified atom stereocenters. The highest BCUT2D eigenvalue weighted by atomic mass is 35.5. The number of carbonyl (C=O) groups is 1. The van der Waals surface area contributed by atoms with Gasteiger partial charge >= 0.3 is 0 Å². The Balaban J connectivity index is 2.11. The summed E-state index contributed by atoms with van der Waals surface area (Å²) in [5.74, 6) is 5.80. The maximum atomic E-state index is 12.0. The van der Waals surface area contributed by atoms with Crippen molar-refractivity contribution in [3.63, 3.8) is 0 Å². The molecule has 3 nitrogen and oxygen atoms in total. The van der Waals surface area contributed by atoms with Crippen LogP contribution < -0.4 is 11.1 Å². The third-order valence-electron chi connectivity index (χ3n) is 3.39. The summed E-state index contributed by atoms with van der Waals surface area (Å²) in [5.41, 5.74) is 6.86. The van der Waals surface area contributed by atoms with Gasteiger partial charge in [0.15, 0.2) is 0 Å². The van der Waals surface area contributed by atoms with Gasteiger partial charge in [0, 0.05) is 17.2 Å². The van der Waals surface area contributed by atoms with Crippen LogP contribution in [-0.4, -0.2) is 12.5 Å². The van der Waals surface area contributed by atoms with E-state index in [9.17, 15) is 4.79 Å². The number of benzene rings is 1. The molecule has 100 valence electrons. The Bertz CT molecular complexity index is 569. The predicted octanol–water partition coefficient (Wildman–Crippen LogP) is 2.63. The van der Waals surface area contributed by atoms with Gasteiger partial charge in [0.2, 0.25) is 5.91 Å². The highest BCUT2D eigenvalue weighted by Gasteiger charge is 2.50. The minimum absolute atomic E-state index is 0.0602. The first-order valence-corrected chi connectivity index (χ1v) is 6.61. The van der Waals surface area contributed by atoms with Crippen molar-refractivity contribution in [2.75, 3.05) is 11.9 Å². The summed E-state index contributed by atoms with van der Waals surface area (Å²) in [6.07, 6.45) is 0.937. The van der Waals surface area contributed by atoms with E-state index in [4.69, 9.17) is 17.3 Å². The number of amides is 1. The standard InChI is InChI=1S/C15H17ClN2O/c1-15(2)9-12(15)14(19)18-11-5-6-13(16)10(8-11)4-3-7-17/h5-6,8,12H,7,9,17H2,1-2H3,(H,18,19). The Morgan fingerprint density at radius 2 is 2.26 bits per heavy atom. The van der Waals surface area contributed by atoms with E-state index in [1.165, 1.54) is 0 Å². The average Bonchev–Trinajstić information content (AvgIpc) is 2.99. The topological polar surface area (TPSA) is 55.1 Å². The third kappa shape index (κ3) is 3.28. The smallest absolute Gasteiger partial charge is 0.228 e. The van der Waals surface area contributed by atoms with Gasteiger partial charge in [-0.2, -0.15) is 0 Å². The number of rotatable bonds is 2. The summed E-state index contributed by atoms with van der Waals surface area (Å²) in [4.78, 5) is 12.0. The van der Waals surface area contributed by atoms with Gasteiger partial charge in [0.1, 0.15) is 0 Å². The van der Waals surface area contributed by atoms with Crippen molar-refractivity contribution in [2.24, 2.45) is 17.1 Å². The molecule has 1 aromatic rings. The molecule has 0 aliphatic heterocycles. The van der Waals surface area contributed by atoms with Gasteiger partial charge in [-0.15, -0.1) is 0 Å². The molecule has 0 heterocycles. The highest BCUT2D eigenvalue weighted by molar-refractivity contribution is 6.31. The van der Waals surface area contributed by atoms with Crippen LogP contribution in [0.4, 0.5) is 5.69 Å². The Morgan fingerprint density at radius 1 is 1.58 bits per heavy atom. The van der Waals surface area contributed by atoms with Crippen molar-refractivity contribution >= 4 is 23.2 Å². The van der Waals surface area contributed by atoms with Gasteiger partial charge in [0.25, 0.3) is 0 Å². The summed E-state index contributed by atoms with van der Waals surface area (Å²) >= 11 is 6.03. The molecule has 1 amide bonds. The largest absolute Gasteiger partial charge is 0.326 e. The monoisotopic (exact) mass is 276 g/mol. The van der Waals surface area contributed by atoms with Crippen LogP contribution in [0.15, 0.2) is 18.2 Å². The van der Waals surface area contributed by atoms with Crippen LogP contribution in [0.3, 0.4) is 0 Å². The number of carbonyl (C=O) groups excluding carboxylic acids is 1. The van der Waals surface area contributed by atoms with Crippen molar-refractivity contribution < 1.29 is 4.79 Å². The number of hydrogen-bond donors (Lipinski definition) is 2. The van der Waals surface area contributed by atoms with Crippen molar-refractivity contribution in [3.05, 3.63) is 28.8 Å². The first-order valence-electron chi connectivity index (χ1n) is 6.23. The first-order chi connectivity index (χ1) is 8.94. The number of hydrogen-bond acceptors (Lipinski definition) is 2. The van der Waals surface area contributed by atoms with Crippen LogP contribution in [0.1, 0.15) is 25.8 Å². The zero-order chi connectivity index (χ0) is 14.0. The molecule has 1 atom stereocenters. The van der Waals surface area contributed by atoms with Gasteiger partial charge in [-0.25, -0.2) is 0 Å². The lowest BCUT2D eigenvalue weighted by Gasteiger charge is -2.07. The SMILES string of the molecule is CC1(C)CC1C(=O)Nc1ccc(Cl)c(C#CCN)c1. The highest BCUT2D eigenvalue weighted by Crippen LogP contribution is 2.52. The number of halogens is 1. The predicted molar refractivity (Wildman–Crippen MR) is 77.9 cm³/mol. The quantitative estimate of drug-likeness (QED) is 0.816. The van der Waals surface area contributed by atoms with Gasteiger partial charge < -0.3 is 11.1 Å². The molecule has 1 fully saturated rings. The fraction of sp³-hybridized carbons (Fsp3) is 0.400. The van der Waals surface area contributed by atoms with Crippen LogP contribution in [0.25, 0.3) is 0 Å². The summed E-state index contributed by atoms with van der Waals surface area (Å²) in [6, 6.07) is 5.29. The van der Waals surface area contributed by atoms with Gasteiger partial charge in [-0.1, -0.05) is 37.3 Å². The zero-order valence-electron chi connectivity index (χ0n) is 11.1. The second-order valence-corrected chi connectivity index (χ2v) is 5.84. The fourth-order valence-corrected chi connectivity index (χ4v) is 2.15. The van der Waals surface area contributed by atoms with Crippen molar-refractivity contribution in [1.29, 1.82) is 0 Å². The summed E-state index contributed by atoms with van der Waals surface area (Å²) < 4.78 is 0. The third-order valence-corrected chi connectivity index (χ3v) is 3.72. The van der Waals surface area contributed by atoms with Gasteiger partial charge in [0.05, 0.1) is 11.6 Å². The molecule has 1 aliphatic carbocycles. The van der Waals surface area contributed by atoms with Crippen LogP contribution in [0, 0.1) is 23.2 Å². The Morgan fingerprint density at radius 3 is 2.84 bits per heavy atom. The lowest BCUT2D eigenvalue weighted by Crippen LogP contribution is -2.16.